The molecule has 112 valence electrons. The van der Waals surface area contributed by atoms with Gasteiger partial charge in [0.25, 0.3) is 45.4 Å². The van der Waals surface area contributed by atoms with E-state index >= 15 is 0 Å². The van der Waals surface area contributed by atoms with Gasteiger partial charge in [-0.25, -0.2) is 0 Å². The van der Waals surface area contributed by atoms with Crippen LogP contribution >= 0.6 is 0 Å². The van der Waals surface area contributed by atoms with Crippen LogP contribution in [0.3, 0.4) is 0 Å². The van der Waals surface area contributed by atoms with E-state index in [1.165, 1.54) is 0 Å². The maximum atomic E-state index is 8.67. The summed E-state index contributed by atoms with van der Waals surface area (Å²) < 4.78 is 91.3. The van der Waals surface area contributed by atoms with Crippen LogP contribution in [0.2, 0.25) is 0 Å². The maximum absolute atomic E-state index is 8.67. The second-order valence-corrected chi connectivity index (χ2v) is 2.77. The minimum Gasteiger partial charge on any atom is -0.284 e. The smallest absolute Gasteiger partial charge is 0.284 e. The Morgan fingerprint density at radius 1 is 0.412 bits per heavy atom. The van der Waals surface area contributed by atoms with Crippen molar-refractivity contribution in [2.24, 2.45) is 0 Å². The summed E-state index contributed by atoms with van der Waals surface area (Å²) in [6.07, 6.45) is 0. The zero-order valence-electron chi connectivity index (χ0n) is 7.20. The summed E-state index contributed by atoms with van der Waals surface area (Å²) >= 11 is -10.4. The molecule has 0 fully saturated rings. The van der Waals surface area contributed by atoms with Crippen molar-refractivity contribution in [3.63, 3.8) is 0 Å². The Balaban J connectivity index is -0.0000000369. The molecule has 0 aromatic rings. The van der Waals surface area contributed by atoms with Crippen LogP contribution in [-0.4, -0.2) is 53.3 Å². The first-order valence-corrected chi connectivity index (χ1v) is 6.38. The molecule has 12 nitrogen and oxygen atoms in total. The maximum Gasteiger partial charge on any atom is 0.299 e. The van der Waals surface area contributed by atoms with Crippen molar-refractivity contribution in [1.82, 2.24) is 0 Å². The summed E-state index contributed by atoms with van der Waals surface area (Å²) in [6.45, 7) is 0. The first kappa shape index (κ1) is 30.7. The topological polar surface area (TPSA) is 230 Å². The average molecular weight is 384 g/mol. The van der Waals surface area contributed by atoms with E-state index in [1.807, 2.05) is 0 Å². The van der Waals surface area contributed by atoms with Crippen LogP contribution < -0.4 is 0 Å². The first-order chi connectivity index (χ1) is 6.93. The molecule has 0 heterocycles. The SMILES string of the molecule is O=S(O)O.O=S(O)O.O=S(O)O.O=S(O)O.[Fe]. The molecule has 0 bridgehead atoms. The Kier molecular flexibility index (Phi) is 46.2. The van der Waals surface area contributed by atoms with Crippen LogP contribution in [0.5, 0.6) is 0 Å². The van der Waals surface area contributed by atoms with E-state index in [-0.39, 0.29) is 17.1 Å². The van der Waals surface area contributed by atoms with E-state index in [0.717, 1.165) is 0 Å². The Labute approximate surface area is 116 Å². The van der Waals surface area contributed by atoms with E-state index in [4.69, 9.17) is 53.3 Å². The fourth-order valence-corrected chi connectivity index (χ4v) is 0. The fourth-order valence-electron chi connectivity index (χ4n) is 0. The number of hydrogen-bond acceptors (Lipinski definition) is 4. The largest absolute Gasteiger partial charge is 0.299 e. The van der Waals surface area contributed by atoms with Crippen LogP contribution in [0.4, 0.5) is 0 Å². The third-order valence-corrected chi connectivity index (χ3v) is 0. The molecular weight excluding hydrogens is 376 g/mol. The molecule has 8 N–H and O–H groups in total. The molecule has 0 unspecified atom stereocenters. The quantitative estimate of drug-likeness (QED) is 0.180. The third-order valence-electron chi connectivity index (χ3n) is 0. The van der Waals surface area contributed by atoms with E-state index in [0.29, 0.717) is 0 Å². The van der Waals surface area contributed by atoms with Crippen molar-refractivity contribution in [3.05, 3.63) is 0 Å². The van der Waals surface area contributed by atoms with Gasteiger partial charge in [-0.15, -0.1) is 0 Å². The normalized spacial score (nSPS) is 8.24. The van der Waals surface area contributed by atoms with Crippen molar-refractivity contribution in [2.45, 2.75) is 0 Å². The van der Waals surface area contributed by atoms with Gasteiger partial charge in [-0.3, -0.25) is 36.4 Å². The van der Waals surface area contributed by atoms with Crippen LogP contribution in [0, 0.1) is 0 Å². The Hall–Kier alpha value is 0.799. The van der Waals surface area contributed by atoms with Gasteiger partial charge in [0.2, 0.25) is 0 Å². The second-order valence-electron chi connectivity index (χ2n) is 0.923. The van der Waals surface area contributed by atoms with E-state index in [9.17, 15) is 0 Å². The van der Waals surface area contributed by atoms with Crippen LogP contribution in [0.1, 0.15) is 0 Å². The van der Waals surface area contributed by atoms with E-state index < -0.39 is 45.4 Å². The van der Waals surface area contributed by atoms with Gasteiger partial charge < -0.3 is 0 Å². The molecule has 0 aromatic heterocycles. The Bertz CT molecular complexity index is 159. The first-order valence-electron chi connectivity index (χ1n) is 2.13. The molecule has 0 amide bonds. The van der Waals surface area contributed by atoms with Crippen LogP contribution in [0.25, 0.3) is 0 Å². The molecular formula is H8FeO12S4. The van der Waals surface area contributed by atoms with Gasteiger partial charge in [0.15, 0.2) is 0 Å². The van der Waals surface area contributed by atoms with Crippen molar-refractivity contribution < 1.29 is 70.3 Å². The Morgan fingerprint density at radius 2 is 0.412 bits per heavy atom. The van der Waals surface area contributed by atoms with Gasteiger partial charge >= 0.3 is 0 Å². The summed E-state index contributed by atoms with van der Waals surface area (Å²) in [5.74, 6) is 0. The molecule has 0 aliphatic carbocycles. The molecule has 0 spiro atoms. The monoisotopic (exact) mass is 384 g/mol. The number of hydrogen-bond donors (Lipinski definition) is 8. The van der Waals surface area contributed by atoms with Crippen molar-refractivity contribution in [2.75, 3.05) is 0 Å². The van der Waals surface area contributed by atoms with Crippen molar-refractivity contribution in [3.8, 4) is 0 Å². The molecule has 0 atom stereocenters. The zero-order chi connectivity index (χ0) is 14.3. The molecule has 0 saturated heterocycles. The second kappa shape index (κ2) is 25.6. The average Bonchev–Trinajstić information content (AvgIpc) is 1.76. The predicted molar refractivity (Wildman–Crippen MR) is 53.6 cm³/mol. The molecule has 0 radical (unpaired) electrons. The Morgan fingerprint density at radius 3 is 0.412 bits per heavy atom. The van der Waals surface area contributed by atoms with Gasteiger partial charge in [-0.05, 0) is 0 Å². The van der Waals surface area contributed by atoms with Crippen molar-refractivity contribution in [1.29, 1.82) is 0 Å². The minimum absolute atomic E-state index is 0. The summed E-state index contributed by atoms with van der Waals surface area (Å²) in [6, 6.07) is 0. The molecule has 17 heteroatoms. The van der Waals surface area contributed by atoms with Crippen LogP contribution in [-0.2, 0) is 62.5 Å². The molecule has 0 aromatic carbocycles. The van der Waals surface area contributed by atoms with Gasteiger partial charge in [0, 0.05) is 17.1 Å². The number of rotatable bonds is 0. The zero-order valence-corrected chi connectivity index (χ0v) is 11.6. The molecule has 0 saturated carbocycles. The summed E-state index contributed by atoms with van der Waals surface area (Å²) in [4.78, 5) is 0. The van der Waals surface area contributed by atoms with Gasteiger partial charge in [0.05, 0.1) is 0 Å². The van der Waals surface area contributed by atoms with Crippen molar-refractivity contribution >= 4 is 45.4 Å². The summed E-state index contributed by atoms with van der Waals surface area (Å²) in [5, 5.41) is 0. The predicted octanol–water partition coefficient (Wildman–Crippen LogP) is -1.28. The molecule has 0 rings (SSSR count). The summed E-state index contributed by atoms with van der Waals surface area (Å²) in [5.41, 5.74) is 0. The van der Waals surface area contributed by atoms with Crippen LogP contribution in [0.15, 0.2) is 0 Å². The standard InChI is InChI=1S/Fe.4H2O3S/c;4*1-4(2)3/h;4*(H2,1,2,3). The molecule has 17 heavy (non-hydrogen) atoms. The fraction of sp³-hybridized carbons (Fsp3) is 0. The third kappa shape index (κ3) is 5760. The molecule has 0 aliphatic rings. The van der Waals surface area contributed by atoms with E-state index in [1.54, 1.807) is 0 Å². The minimum atomic E-state index is -2.61. The van der Waals surface area contributed by atoms with Gasteiger partial charge in [0.1, 0.15) is 0 Å². The van der Waals surface area contributed by atoms with Gasteiger partial charge in [-0.1, -0.05) is 0 Å². The molecule has 0 aliphatic heterocycles. The van der Waals surface area contributed by atoms with Gasteiger partial charge in [-0.2, -0.15) is 16.8 Å². The summed E-state index contributed by atoms with van der Waals surface area (Å²) in [7, 11) is 0. The van der Waals surface area contributed by atoms with E-state index in [2.05, 4.69) is 0 Å².